The highest BCUT2D eigenvalue weighted by molar-refractivity contribution is 7.14. The lowest BCUT2D eigenvalue weighted by molar-refractivity contribution is -0.132. The molecule has 3 heterocycles. The van der Waals surface area contributed by atoms with Gasteiger partial charge in [-0.1, -0.05) is 0 Å². The van der Waals surface area contributed by atoms with Crippen LogP contribution < -0.4 is 5.32 Å². The number of carbonyl (C=O) groups excluding carboxylic acids is 2. The fourth-order valence-corrected chi connectivity index (χ4v) is 4.14. The molecule has 8 nitrogen and oxygen atoms in total. The third-order valence-corrected chi connectivity index (χ3v) is 5.55. The van der Waals surface area contributed by atoms with Gasteiger partial charge in [-0.3, -0.25) is 14.3 Å². The molecule has 1 atom stereocenters. The molecule has 0 radical (unpaired) electrons. The van der Waals surface area contributed by atoms with E-state index in [1.54, 1.807) is 18.1 Å². The number of ether oxygens (including phenoxy) is 1. The van der Waals surface area contributed by atoms with E-state index in [0.717, 1.165) is 24.3 Å². The predicted octanol–water partition coefficient (Wildman–Crippen LogP) is 1.47. The van der Waals surface area contributed by atoms with Crippen LogP contribution in [0.2, 0.25) is 0 Å². The molecule has 0 bridgehead atoms. The molecule has 0 unspecified atom stereocenters. The summed E-state index contributed by atoms with van der Waals surface area (Å²) in [6.07, 6.45) is 5.39. The number of likely N-dealkylation sites (tertiary alicyclic amines) is 1. The SMILES string of the molecule is COCCNC(=O)c1ccc([C@H]2CCCN2C(=O)CCn2cncn2)s1. The van der Waals surface area contributed by atoms with Crippen LogP contribution in [0.1, 0.15) is 39.9 Å². The molecule has 1 aliphatic rings. The summed E-state index contributed by atoms with van der Waals surface area (Å²) in [6, 6.07) is 3.85. The van der Waals surface area contributed by atoms with Crippen molar-refractivity contribution in [2.75, 3.05) is 26.8 Å². The number of thiophene rings is 1. The van der Waals surface area contributed by atoms with Gasteiger partial charge in [0.05, 0.1) is 24.1 Å². The van der Waals surface area contributed by atoms with Crippen LogP contribution in [-0.2, 0) is 16.1 Å². The molecule has 0 spiro atoms. The molecule has 1 aliphatic heterocycles. The summed E-state index contributed by atoms with van der Waals surface area (Å²) in [4.78, 5) is 32.3. The normalized spacial score (nSPS) is 16.8. The van der Waals surface area contributed by atoms with E-state index in [2.05, 4.69) is 15.4 Å². The number of nitrogens with one attached hydrogen (secondary N) is 1. The average Bonchev–Trinajstić information content (AvgIpc) is 3.40. The van der Waals surface area contributed by atoms with Crippen LogP contribution in [0, 0.1) is 0 Å². The zero-order valence-electron chi connectivity index (χ0n) is 14.8. The van der Waals surface area contributed by atoms with Crippen LogP contribution >= 0.6 is 11.3 Å². The topological polar surface area (TPSA) is 89.4 Å². The summed E-state index contributed by atoms with van der Waals surface area (Å²) in [5.41, 5.74) is 0. The molecule has 2 amide bonds. The monoisotopic (exact) mass is 377 g/mol. The fourth-order valence-electron chi connectivity index (χ4n) is 3.07. The lowest BCUT2D eigenvalue weighted by Crippen LogP contribution is -2.30. The lowest BCUT2D eigenvalue weighted by Gasteiger charge is -2.24. The quantitative estimate of drug-likeness (QED) is 0.704. The van der Waals surface area contributed by atoms with Gasteiger partial charge in [0.2, 0.25) is 5.91 Å². The molecule has 9 heteroatoms. The molecule has 3 rings (SSSR count). The smallest absolute Gasteiger partial charge is 0.261 e. The van der Waals surface area contributed by atoms with Crippen LogP contribution in [0.15, 0.2) is 24.8 Å². The van der Waals surface area contributed by atoms with Gasteiger partial charge in [0.15, 0.2) is 0 Å². The van der Waals surface area contributed by atoms with Crippen LogP contribution in [-0.4, -0.2) is 58.3 Å². The molecular formula is C17H23N5O3S. The van der Waals surface area contributed by atoms with Gasteiger partial charge in [0, 0.05) is 31.5 Å². The maximum absolute atomic E-state index is 12.6. The first-order valence-corrected chi connectivity index (χ1v) is 9.49. The van der Waals surface area contributed by atoms with Crippen molar-refractivity contribution in [1.82, 2.24) is 25.0 Å². The van der Waals surface area contributed by atoms with Crippen molar-refractivity contribution in [3.8, 4) is 0 Å². The molecular weight excluding hydrogens is 354 g/mol. The molecule has 0 aliphatic carbocycles. The molecule has 1 saturated heterocycles. The minimum absolute atomic E-state index is 0.0590. The van der Waals surface area contributed by atoms with Gasteiger partial charge in [0.1, 0.15) is 12.7 Å². The summed E-state index contributed by atoms with van der Waals surface area (Å²) < 4.78 is 6.60. The number of hydrogen-bond acceptors (Lipinski definition) is 6. The Bertz CT molecular complexity index is 731. The number of rotatable bonds is 8. The average molecular weight is 377 g/mol. The van der Waals surface area contributed by atoms with Crippen molar-refractivity contribution in [3.05, 3.63) is 34.5 Å². The van der Waals surface area contributed by atoms with Gasteiger partial charge < -0.3 is 15.0 Å². The number of hydrogen-bond donors (Lipinski definition) is 1. The Morgan fingerprint density at radius 2 is 2.31 bits per heavy atom. The molecule has 1 fully saturated rings. The van der Waals surface area contributed by atoms with Crippen LogP contribution in [0.3, 0.4) is 0 Å². The van der Waals surface area contributed by atoms with Crippen molar-refractivity contribution >= 4 is 23.2 Å². The first-order chi connectivity index (χ1) is 12.7. The second-order valence-electron chi connectivity index (χ2n) is 6.10. The third kappa shape index (κ3) is 4.47. The Hall–Kier alpha value is -2.26. The molecule has 1 N–H and O–H groups in total. The van der Waals surface area contributed by atoms with Gasteiger partial charge in [-0.05, 0) is 25.0 Å². The van der Waals surface area contributed by atoms with Crippen LogP contribution in [0.4, 0.5) is 0 Å². The highest BCUT2D eigenvalue weighted by atomic mass is 32.1. The van der Waals surface area contributed by atoms with E-state index < -0.39 is 0 Å². The molecule has 26 heavy (non-hydrogen) atoms. The number of nitrogens with zero attached hydrogens (tertiary/aromatic N) is 4. The number of aryl methyl sites for hydroxylation is 1. The number of amides is 2. The van der Waals surface area contributed by atoms with Gasteiger partial charge >= 0.3 is 0 Å². The van der Waals surface area contributed by atoms with E-state index in [1.807, 2.05) is 17.0 Å². The van der Waals surface area contributed by atoms with Crippen LogP contribution in [0.25, 0.3) is 0 Å². The summed E-state index contributed by atoms with van der Waals surface area (Å²) in [5, 5.41) is 6.85. The van der Waals surface area contributed by atoms with E-state index in [0.29, 0.717) is 31.0 Å². The summed E-state index contributed by atoms with van der Waals surface area (Å²) in [6.45, 7) is 2.26. The van der Waals surface area contributed by atoms with Gasteiger partial charge in [-0.25, -0.2) is 4.98 Å². The summed E-state index contributed by atoms with van der Waals surface area (Å²) in [5.74, 6) is 0.0165. The van der Waals surface area contributed by atoms with E-state index >= 15 is 0 Å². The van der Waals surface area contributed by atoms with E-state index in [4.69, 9.17) is 4.74 Å². The molecule has 2 aromatic rings. The van der Waals surface area contributed by atoms with E-state index in [-0.39, 0.29) is 17.9 Å². The van der Waals surface area contributed by atoms with E-state index in [9.17, 15) is 9.59 Å². The molecule has 0 saturated carbocycles. The first-order valence-electron chi connectivity index (χ1n) is 8.68. The van der Waals surface area contributed by atoms with Crippen molar-refractivity contribution in [3.63, 3.8) is 0 Å². The second kappa shape index (κ2) is 8.91. The maximum atomic E-state index is 12.6. The Morgan fingerprint density at radius 1 is 1.42 bits per heavy atom. The van der Waals surface area contributed by atoms with Gasteiger partial charge in [0.25, 0.3) is 5.91 Å². The Kier molecular flexibility index (Phi) is 6.35. The summed E-state index contributed by atoms with van der Waals surface area (Å²) in [7, 11) is 1.60. The Balaban J connectivity index is 1.59. The largest absolute Gasteiger partial charge is 0.383 e. The van der Waals surface area contributed by atoms with Crippen molar-refractivity contribution in [2.45, 2.75) is 31.8 Å². The third-order valence-electron chi connectivity index (χ3n) is 4.37. The predicted molar refractivity (Wildman–Crippen MR) is 96.9 cm³/mol. The van der Waals surface area contributed by atoms with Crippen LogP contribution in [0.5, 0.6) is 0 Å². The minimum atomic E-state index is -0.0969. The van der Waals surface area contributed by atoms with Gasteiger partial charge in [-0.2, -0.15) is 5.10 Å². The molecule has 0 aromatic carbocycles. The molecule has 140 valence electrons. The minimum Gasteiger partial charge on any atom is -0.383 e. The maximum Gasteiger partial charge on any atom is 0.261 e. The second-order valence-corrected chi connectivity index (χ2v) is 7.22. The van der Waals surface area contributed by atoms with Crippen molar-refractivity contribution in [1.29, 1.82) is 0 Å². The standard InChI is InChI=1S/C17H23N5O3S/c1-25-10-7-19-17(24)15-5-4-14(26-15)13-3-2-8-22(13)16(23)6-9-21-12-18-11-20-21/h4-5,11-13H,2-3,6-10H2,1H3,(H,19,24)/t13-/m1/s1. The lowest BCUT2D eigenvalue weighted by atomic mass is 10.2. The first kappa shape index (κ1) is 18.5. The number of carbonyl (C=O) groups is 2. The highest BCUT2D eigenvalue weighted by Gasteiger charge is 2.31. The number of aromatic nitrogens is 3. The number of methoxy groups -OCH3 is 1. The fraction of sp³-hybridized carbons (Fsp3) is 0.529. The zero-order chi connectivity index (χ0) is 18.4. The highest BCUT2D eigenvalue weighted by Crippen LogP contribution is 2.36. The Labute approximate surface area is 156 Å². The van der Waals surface area contributed by atoms with Gasteiger partial charge in [-0.15, -0.1) is 11.3 Å². The van der Waals surface area contributed by atoms with Crippen molar-refractivity contribution in [2.24, 2.45) is 0 Å². The Morgan fingerprint density at radius 3 is 3.08 bits per heavy atom. The van der Waals surface area contributed by atoms with Crippen molar-refractivity contribution < 1.29 is 14.3 Å². The molecule has 2 aromatic heterocycles. The van der Waals surface area contributed by atoms with E-state index in [1.165, 1.54) is 17.7 Å². The summed E-state index contributed by atoms with van der Waals surface area (Å²) >= 11 is 1.46. The zero-order valence-corrected chi connectivity index (χ0v) is 15.6.